The first kappa shape index (κ1) is 26.1. The molecule has 2 heterocycles. The molecule has 1 saturated heterocycles. The third-order valence-corrected chi connectivity index (χ3v) is 9.64. The number of rotatable bonds is 4. The molecule has 2 aliphatic heterocycles. The van der Waals surface area contributed by atoms with Crippen LogP contribution in [0.3, 0.4) is 0 Å². The van der Waals surface area contributed by atoms with Gasteiger partial charge >= 0.3 is 0 Å². The lowest BCUT2D eigenvalue weighted by molar-refractivity contribution is 0.122. The van der Waals surface area contributed by atoms with Gasteiger partial charge in [0.1, 0.15) is 11.5 Å². The minimum Gasteiger partial charge on any atom is -0.497 e. The number of methoxy groups -OCH3 is 1. The molecular weight excluding hydrogens is 530 g/mol. The summed E-state index contributed by atoms with van der Waals surface area (Å²) in [6, 6.07) is 34.8. The molecule has 0 amide bonds. The highest BCUT2D eigenvalue weighted by atomic mass is 16.5. The zero-order valence-electron chi connectivity index (χ0n) is 24.9. The van der Waals surface area contributed by atoms with E-state index < -0.39 is 5.60 Å². The molecule has 4 heteroatoms. The van der Waals surface area contributed by atoms with Crippen LogP contribution in [0.1, 0.15) is 41.7 Å². The van der Waals surface area contributed by atoms with Gasteiger partial charge in [-0.05, 0) is 58.0 Å². The maximum atomic E-state index is 7.42. The molecule has 5 aromatic rings. The van der Waals surface area contributed by atoms with Crippen molar-refractivity contribution in [3.8, 4) is 22.6 Å². The van der Waals surface area contributed by atoms with Crippen molar-refractivity contribution in [2.75, 3.05) is 38.3 Å². The summed E-state index contributed by atoms with van der Waals surface area (Å²) in [5, 5.41) is 2.37. The van der Waals surface area contributed by atoms with Crippen LogP contribution in [0.2, 0.25) is 0 Å². The minimum absolute atomic E-state index is 0.159. The van der Waals surface area contributed by atoms with E-state index in [-0.39, 0.29) is 5.41 Å². The standard InChI is InChI=1S/C39H35NO3/c1-38(2)34-11-7-6-10-32(34)35-30-8-4-5-9-31(30)37-33(36(35)38)20-21-39(43-37,27-14-18-29(41-3)19-15-27)26-12-16-28(17-13-26)40-22-24-42-25-23-40/h4-21H,22-25H2,1-3H3. The van der Waals surface area contributed by atoms with Crippen molar-refractivity contribution in [1.82, 2.24) is 0 Å². The van der Waals surface area contributed by atoms with Crippen LogP contribution in [0.5, 0.6) is 11.5 Å². The Kier molecular flexibility index (Phi) is 5.92. The van der Waals surface area contributed by atoms with E-state index in [1.54, 1.807) is 7.11 Å². The lowest BCUT2D eigenvalue weighted by Gasteiger charge is -2.38. The first-order valence-corrected chi connectivity index (χ1v) is 15.2. The molecule has 0 spiro atoms. The van der Waals surface area contributed by atoms with Gasteiger partial charge in [0.2, 0.25) is 0 Å². The molecule has 0 bridgehead atoms. The molecule has 1 aliphatic carbocycles. The molecule has 5 aromatic carbocycles. The van der Waals surface area contributed by atoms with Gasteiger partial charge in [-0.1, -0.05) is 92.7 Å². The van der Waals surface area contributed by atoms with E-state index in [1.807, 2.05) is 12.1 Å². The number of morpholine rings is 1. The van der Waals surface area contributed by atoms with Gasteiger partial charge in [0.15, 0.2) is 5.60 Å². The molecule has 8 rings (SSSR count). The van der Waals surface area contributed by atoms with E-state index in [2.05, 4.69) is 116 Å². The quantitative estimate of drug-likeness (QED) is 0.219. The molecule has 0 saturated carbocycles. The summed E-state index contributed by atoms with van der Waals surface area (Å²) in [5.74, 6) is 1.76. The zero-order valence-corrected chi connectivity index (χ0v) is 24.9. The second-order valence-corrected chi connectivity index (χ2v) is 12.3. The van der Waals surface area contributed by atoms with Gasteiger partial charge in [-0.2, -0.15) is 0 Å². The third kappa shape index (κ3) is 3.86. The van der Waals surface area contributed by atoms with Gasteiger partial charge in [0.25, 0.3) is 0 Å². The highest BCUT2D eigenvalue weighted by Gasteiger charge is 2.44. The van der Waals surface area contributed by atoms with Crippen molar-refractivity contribution in [3.63, 3.8) is 0 Å². The number of nitrogens with zero attached hydrogens (tertiary/aromatic N) is 1. The van der Waals surface area contributed by atoms with E-state index in [0.717, 1.165) is 54.3 Å². The van der Waals surface area contributed by atoms with Crippen LogP contribution in [-0.4, -0.2) is 33.4 Å². The van der Waals surface area contributed by atoms with Crippen molar-refractivity contribution in [2.24, 2.45) is 0 Å². The van der Waals surface area contributed by atoms with Crippen molar-refractivity contribution >= 4 is 22.5 Å². The van der Waals surface area contributed by atoms with Crippen molar-refractivity contribution in [2.45, 2.75) is 24.9 Å². The highest BCUT2D eigenvalue weighted by Crippen LogP contribution is 2.58. The summed E-state index contributed by atoms with van der Waals surface area (Å²) in [5.41, 5.74) is 8.90. The monoisotopic (exact) mass is 565 g/mol. The van der Waals surface area contributed by atoms with Crippen molar-refractivity contribution in [1.29, 1.82) is 0 Å². The predicted octanol–water partition coefficient (Wildman–Crippen LogP) is 8.34. The second kappa shape index (κ2) is 9.75. The number of benzene rings is 5. The van der Waals surface area contributed by atoms with Crippen LogP contribution in [0.4, 0.5) is 5.69 Å². The number of hydrogen-bond acceptors (Lipinski definition) is 4. The Bertz CT molecular complexity index is 1880. The molecule has 43 heavy (non-hydrogen) atoms. The summed E-state index contributed by atoms with van der Waals surface area (Å²) in [4.78, 5) is 2.39. The first-order chi connectivity index (χ1) is 21.0. The number of fused-ring (bicyclic) bond motifs is 8. The Morgan fingerprint density at radius 3 is 2.12 bits per heavy atom. The molecule has 214 valence electrons. The van der Waals surface area contributed by atoms with Crippen LogP contribution in [0.25, 0.3) is 28.0 Å². The molecule has 4 nitrogen and oxygen atoms in total. The van der Waals surface area contributed by atoms with E-state index in [9.17, 15) is 0 Å². The minimum atomic E-state index is -0.810. The maximum absolute atomic E-state index is 7.42. The van der Waals surface area contributed by atoms with Crippen LogP contribution in [0.15, 0.2) is 103 Å². The predicted molar refractivity (Wildman–Crippen MR) is 174 cm³/mol. The number of hydrogen-bond donors (Lipinski definition) is 0. The molecule has 1 fully saturated rings. The van der Waals surface area contributed by atoms with E-state index in [0.29, 0.717) is 0 Å². The second-order valence-electron chi connectivity index (χ2n) is 12.3. The Balaban J connectivity index is 1.34. The van der Waals surface area contributed by atoms with Gasteiger partial charge in [0, 0.05) is 46.3 Å². The Hall–Kier alpha value is -4.54. The smallest absolute Gasteiger partial charge is 0.178 e. The van der Waals surface area contributed by atoms with E-state index in [1.165, 1.54) is 38.9 Å². The largest absolute Gasteiger partial charge is 0.497 e. The zero-order chi connectivity index (χ0) is 29.2. The first-order valence-electron chi connectivity index (χ1n) is 15.2. The van der Waals surface area contributed by atoms with Crippen LogP contribution in [-0.2, 0) is 15.8 Å². The third-order valence-electron chi connectivity index (χ3n) is 9.64. The summed E-state index contributed by atoms with van der Waals surface area (Å²) in [6.07, 6.45) is 4.58. The Morgan fingerprint density at radius 1 is 0.744 bits per heavy atom. The fourth-order valence-electron chi connectivity index (χ4n) is 7.46. The highest BCUT2D eigenvalue weighted by molar-refractivity contribution is 6.08. The molecule has 3 aliphatic rings. The average molecular weight is 566 g/mol. The SMILES string of the molecule is COc1ccc(C2(c3ccc(N4CCOCC4)cc3)C=Cc3c4c(c5ccccc5c3O2)-c2ccccc2C4(C)C)cc1. The Morgan fingerprint density at radius 2 is 1.40 bits per heavy atom. The van der Waals surface area contributed by atoms with Gasteiger partial charge in [-0.15, -0.1) is 0 Å². The summed E-state index contributed by atoms with van der Waals surface area (Å²) in [6.45, 7) is 8.02. The van der Waals surface area contributed by atoms with Gasteiger partial charge < -0.3 is 19.1 Å². The van der Waals surface area contributed by atoms with Crippen molar-refractivity contribution < 1.29 is 14.2 Å². The topological polar surface area (TPSA) is 30.9 Å². The molecule has 1 unspecified atom stereocenters. The van der Waals surface area contributed by atoms with Gasteiger partial charge in [-0.25, -0.2) is 0 Å². The molecule has 0 N–H and O–H groups in total. The number of anilines is 1. The normalized spacial score (nSPS) is 19.8. The summed E-state index contributed by atoms with van der Waals surface area (Å²) in [7, 11) is 1.70. The van der Waals surface area contributed by atoms with Crippen molar-refractivity contribution in [3.05, 3.63) is 131 Å². The molecule has 0 radical (unpaired) electrons. The average Bonchev–Trinajstić information content (AvgIpc) is 3.32. The van der Waals surface area contributed by atoms with E-state index in [4.69, 9.17) is 14.2 Å². The summed E-state index contributed by atoms with van der Waals surface area (Å²) < 4.78 is 18.5. The van der Waals surface area contributed by atoms with Gasteiger partial charge in [0.05, 0.1) is 20.3 Å². The summed E-state index contributed by atoms with van der Waals surface area (Å²) >= 11 is 0. The molecule has 0 aromatic heterocycles. The molecule has 1 atom stereocenters. The fraction of sp³-hybridized carbons (Fsp3) is 0.231. The molecular formula is C39H35NO3. The number of ether oxygens (including phenoxy) is 3. The van der Waals surface area contributed by atoms with Crippen LogP contribution >= 0.6 is 0 Å². The lowest BCUT2D eigenvalue weighted by Crippen LogP contribution is -2.37. The Labute approximate surface area is 253 Å². The maximum Gasteiger partial charge on any atom is 0.178 e. The van der Waals surface area contributed by atoms with Gasteiger partial charge in [-0.3, -0.25) is 0 Å². The van der Waals surface area contributed by atoms with E-state index >= 15 is 0 Å². The van der Waals surface area contributed by atoms with Crippen LogP contribution < -0.4 is 14.4 Å². The fourth-order valence-corrected chi connectivity index (χ4v) is 7.46. The van der Waals surface area contributed by atoms with Crippen LogP contribution in [0, 0.1) is 0 Å². The lowest BCUT2D eigenvalue weighted by atomic mass is 9.77.